The first-order chi connectivity index (χ1) is 9.18. The molecule has 96 valence electrons. The second-order valence-electron chi connectivity index (χ2n) is 3.86. The molecule has 1 aromatic heterocycles. The molecule has 0 unspecified atom stereocenters. The summed E-state index contributed by atoms with van der Waals surface area (Å²) in [6.07, 6.45) is 3.07. The van der Waals surface area contributed by atoms with Gasteiger partial charge < -0.3 is 10.4 Å². The van der Waals surface area contributed by atoms with Crippen LogP contribution < -0.4 is 5.32 Å². The first-order valence-electron chi connectivity index (χ1n) is 5.68. The smallest absolute Gasteiger partial charge is 0.322 e. The van der Waals surface area contributed by atoms with Crippen molar-refractivity contribution >= 4 is 17.4 Å². The van der Waals surface area contributed by atoms with Crippen LogP contribution in [0.15, 0.2) is 48.8 Å². The average Bonchev–Trinajstić information content (AvgIpc) is 2.45. The van der Waals surface area contributed by atoms with E-state index in [1.54, 1.807) is 42.6 Å². The number of carbonyl (C=O) groups excluding carboxylic acids is 1. The lowest BCUT2D eigenvalue weighted by atomic mass is 10.0. The van der Waals surface area contributed by atoms with Crippen LogP contribution >= 0.6 is 0 Å². The molecule has 1 heterocycles. The minimum absolute atomic E-state index is 0.193. The van der Waals surface area contributed by atoms with Gasteiger partial charge in [0.2, 0.25) is 0 Å². The molecule has 0 atom stereocenters. The van der Waals surface area contributed by atoms with Crippen LogP contribution in [0.3, 0.4) is 0 Å². The van der Waals surface area contributed by atoms with Gasteiger partial charge in [-0.1, -0.05) is 12.1 Å². The monoisotopic (exact) mass is 256 g/mol. The van der Waals surface area contributed by atoms with Gasteiger partial charge in [-0.3, -0.25) is 14.6 Å². The molecule has 2 rings (SSSR count). The van der Waals surface area contributed by atoms with Crippen molar-refractivity contribution in [2.75, 3.05) is 11.9 Å². The standard InChI is InChI=1S/C14H12N2O3/c17-13(18)9-16-12-6-2-1-5-11(12)14(19)10-4-3-7-15-8-10/h1-8,16H,9H2,(H,17,18). The van der Waals surface area contributed by atoms with E-state index >= 15 is 0 Å². The molecule has 0 saturated carbocycles. The molecule has 0 aliphatic heterocycles. The fourth-order valence-electron chi connectivity index (χ4n) is 1.66. The zero-order valence-corrected chi connectivity index (χ0v) is 10.0. The van der Waals surface area contributed by atoms with E-state index in [1.807, 2.05) is 0 Å². The Morgan fingerprint density at radius 2 is 1.95 bits per heavy atom. The van der Waals surface area contributed by atoms with Crippen LogP contribution in [0.4, 0.5) is 5.69 Å². The number of nitrogens with one attached hydrogen (secondary N) is 1. The normalized spacial score (nSPS) is 9.89. The van der Waals surface area contributed by atoms with Gasteiger partial charge in [-0.05, 0) is 24.3 Å². The Kier molecular flexibility index (Phi) is 3.87. The number of pyridine rings is 1. The third kappa shape index (κ3) is 3.16. The summed E-state index contributed by atoms with van der Waals surface area (Å²) in [6, 6.07) is 10.1. The lowest BCUT2D eigenvalue weighted by molar-refractivity contribution is -0.134. The molecule has 0 bridgehead atoms. The predicted octanol–water partition coefficient (Wildman–Crippen LogP) is 1.81. The molecule has 1 aromatic carbocycles. The van der Waals surface area contributed by atoms with Crippen LogP contribution in [0.1, 0.15) is 15.9 Å². The fourth-order valence-corrected chi connectivity index (χ4v) is 1.66. The van der Waals surface area contributed by atoms with Crippen molar-refractivity contribution in [2.24, 2.45) is 0 Å². The first kappa shape index (κ1) is 12.8. The Morgan fingerprint density at radius 1 is 1.16 bits per heavy atom. The van der Waals surface area contributed by atoms with Crippen LogP contribution in [0.25, 0.3) is 0 Å². The lowest BCUT2D eigenvalue weighted by Crippen LogP contribution is -2.15. The fraction of sp³-hybridized carbons (Fsp3) is 0.0714. The Morgan fingerprint density at radius 3 is 2.63 bits per heavy atom. The number of carboxylic acid groups (broad SMARTS) is 1. The lowest BCUT2D eigenvalue weighted by Gasteiger charge is -2.09. The van der Waals surface area contributed by atoms with E-state index in [0.29, 0.717) is 16.8 Å². The topological polar surface area (TPSA) is 79.3 Å². The molecular formula is C14H12N2O3. The molecule has 5 heteroatoms. The Bertz CT molecular complexity index is 597. The first-order valence-corrected chi connectivity index (χ1v) is 5.68. The second-order valence-corrected chi connectivity index (χ2v) is 3.86. The third-order valence-electron chi connectivity index (χ3n) is 2.53. The van der Waals surface area contributed by atoms with Crippen molar-refractivity contribution in [2.45, 2.75) is 0 Å². The highest BCUT2D eigenvalue weighted by Crippen LogP contribution is 2.18. The van der Waals surface area contributed by atoms with Gasteiger partial charge in [-0.2, -0.15) is 0 Å². The molecule has 5 nitrogen and oxygen atoms in total. The maximum Gasteiger partial charge on any atom is 0.322 e. The number of hydrogen-bond donors (Lipinski definition) is 2. The summed E-state index contributed by atoms with van der Waals surface area (Å²) in [5.41, 5.74) is 1.39. The minimum Gasteiger partial charge on any atom is -0.480 e. The van der Waals surface area contributed by atoms with Crippen molar-refractivity contribution in [1.82, 2.24) is 4.98 Å². The SMILES string of the molecule is O=C(O)CNc1ccccc1C(=O)c1cccnc1. The van der Waals surface area contributed by atoms with Gasteiger partial charge in [0.15, 0.2) is 5.78 Å². The number of hydrogen-bond acceptors (Lipinski definition) is 4. The third-order valence-corrected chi connectivity index (χ3v) is 2.53. The Hall–Kier alpha value is -2.69. The van der Waals surface area contributed by atoms with Crippen molar-refractivity contribution in [3.8, 4) is 0 Å². The highest BCUT2D eigenvalue weighted by Gasteiger charge is 2.13. The zero-order chi connectivity index (χ0) is 13.7. The van der Waals surface area contributed by atoms with Crippen LogP contribution in [0.2, 0.25) is 0 Å². The highest BCUT2D eigenvalue weighted by atomic mass is 16.4. The van der Waals surface area contributed by atoms with E-state index in [1.165, 1.54) is 6.20 Å². The molecule has 0 fully saturated rings. The number of aliphatic carboxylic acids is 1. The number of rotatable bonds is 5. The summed E-state index contributed by atoms with van der Waals surface area (Å²) in [4.78, 5) is 26.8. The number of ketones is 1. The number of anilines is 1. The molecule has 0 saturated heterocycles. The van der Waals surface area contributed by atoms with Crippen molar-refractivity contribution in [1.29, 1.82) is 0 Å². The van der Waals surface area contributed by atoms with Gasteiger partial charge in [-0.15, -0.1) is 0 Å². The summed E-state index contributed by atoms with van der Waals surface area (Å²) in [7, 11) is 0. The Balaban J connectivity index is 2.29. The zero-order valence-electron chi connectivity index (χ0n) is 10.0. The Labute approximate surface area is 109 Å². The van der Waals surface area contributed by atoms with Gasteiger partial charge in [0.1, 0.15) is 6.54 Å². The van der Waals surface area contributed by atoms with E-state index in [4.69, 9.17) is 5.11 Å². The molecular weight excluding hydrogens is 244 g/mol. The molecule has 2 aromatic rings. The molecule has 0 amide bonds. The van der Waals surface area contributed by atoms with Crippen LogP contribution in [0, 0.1) is 0 Å². The molecule has 19 heavy (non-hydrogen) atoms. The van der Waals surface area contributed by atoms with E-state index in [9.17, 15) is 9.59 Å². The van der Waals surface area contributed by atoms with E-state index in [2.05, 4.69) is 10.3 Å². The number of carboxylic acids is 1. The molecule has 0 aliphatic carbocycles. The summed E-state index contributed by atoms with van der Waals surface area (Å²) in [5, 5.41) is 11.4. The van der Waals surface area contributed by atoms with Crippen LogP contribution in [0.5, 0.6) is 0 Å². The van der Waals surface area contributed by atoms with Crippen molar-refractivity contribution < 1.29 is 14.7 Å². The molecule has 0 spiro atoms. The number of benzene rings is 1. The van der Waals surface area contributed by atoms with Gasteiger partial charge >= 0.3 is 5.97 Å². The van der Waals surface area contributed by atoms with Crippen LogP contribution in [-0.2, 0) is 4.79 Å². The molecule has 0 aliphatic rings. The predicted molar refractivity (Wildman–Crippen MR) is 70.2 cm³/mol. The summed E-state index contributed by atoms with van der Waals surface area (Å²) in [5.74, 6) is -1.18. The van der Waals surface area contributed by atoms with Gasteiger partial charge in [0, 0.05) is 29.2 Å². The second kappa shape index (κ2) is 5.77. The van der Waals surface area contributed by atoms with Crippen LogP contribution in [-0.4, -0.2) is 28.4 Å². The molecule has 2 N–H and O–H groups in total. The summed E-state index contributed by atoms with van der Waals surface area (Å²) < 4.78 is 0. The van der Waals surface area contributed by atoms with Gasteiger partial charge in [-0.25, -0.2) is 0 Å². The van der Waals surface area contributed by atoms with Crippen molar-refractivity contribution in [3.63, 3.8) is 0 Å². The molecule has 0 radical (unpaired) electrons. The largest absolute Gasteiger partial charge is 0.480 e. The van der Waals surface area contributed by atoms with E-state index < -0.39 is 5.97 Å². The summed E-state index contributed by atoms with van der Waals surface area (Å²) in [6.45, 7) is -0.239. The van der Waals surface area contributed by atoms with E-state index in [-0.39, 0.29) is 12.3 Å². The maximum absolute atomic E-state index is 12.3. The van der Waals surface area contributed by atoms with E-state index in [0.717, 1.165) is 0 Å². The van der Waals surface area contributed by atoms with Crippen molar-refractivity contribution in [3.05, 3.63) is 59.9 Å². The van der Waals surface area contributed by atoms with Gasteiger partial charge in [0.25, 0.3) is 0 Å². The maximum atomic E-state index is 12.3. The number of nitrogens with zero attached hydrogens (tertiary/aromatic N) is 1. The number of aromatic nitrogens is 1. The summed E-state index contributed by atoms with van der Waals surface area (Å²) >= 11 is 0. The van der Waals surface area contributed by atoms with Gasteiger partial charge in [0.05, 0.1) is 0 Å². The minimum atomic E-state index is -0.983. The number of para-hydroxylation sites is 1. The average molecular weight is 256 g/mol. The quantitative estimate of drug-likeness (QED) is 0.797. The number of carbonyl (C=O) groups is 2. The highest BCUT2D eigenvalue weighted by molar-refractivity contribution is 6.12.